The van der Waals surface area contributed by atoms with Gasteiger partial charge in [-0.15, -0.1) is 0 Å². The first-order valence-corrected chi connectivity index (χ1v) is 9.79. The fraction of sp³-hybridized carbons (Fsp3) is 0.455. The Morgan fingerprint density at radius 2 is 1.82 bits per heavy atom. The van der Waals surface area contributed by atoms with Crippen molar-refractivity contribution in [2.45, 2.75) is 57.8 Å². The van der Waals surface area contributed by atoms with Crippen molar-refractivity contribution in [1.82, 2.24) is 4.90 Å². The van der Waals surface area contributed by atoms with Crippen LogP contribution in [0.25, 0.3) is 0 Å². The number of carbonyl (C=O) groups excluding carboxylic acids is 2. The number of para-hydroxylation sites is 1. The zero-order chi connectivity index (χ0) is 19.9. The lowest BCUT2D eigenvalue weighted by molar-refractivity contribution is -0.141. The lowest BCUT2D eigenvalue weighted by Crippen LogP contribution is -2.44. The molecular formula is C22H27NO5. The van der Waals surface area contributed by atoms with Crippen LogP contribution >= 0.6 is 0 Å². The van der Waals surface area contributed by atoms with Gasteiger partial charge in [0.15, 0.2) is 6.10 Å². The molecule has 150 valence electrons. The van der Waals surface area contributed by atoms with Crippen molar-refractivity contribution in [3.05, 3.63) is 54.0 Å². The van der Waals surface area contributed by atoms with E-state index in [0.29, 0.717) is 11.5 Å². The summed E-state index contributed by atoms with van der Waals surface area (Å²) in [5, 5.41) is 0. The molecule has 1 aliphatic rings. The Hall–Kier alpha value is -2.76. The number of hydrogen-bond acceptors (Lipinski definition) is 5. The summed E-state index contributed by atoms with van der Waals surface area (Å²) in [6.07, 6.45) is 4.65. The van der Waals surface area contributed by atoms with Crippen molar-refractivity contribution in [3.8, 4) is 5.75 Å². The van der Waals surface area contributed by atoms with Gasteiger partial charge in [-0.25, -0.2) is 4.79 Å². The Bertz CT molecular complexity index is 779. The maximum absolute atomic E-state index is 12.6. The second-order valence-corrected chi connectivity index (χ2v) is 7.16. The number of furan rings is 1. The maximum atomic E-state index is 12.6. The highest BCUT2D eigenvalue weighted by Gasteiger charge is 2.28. The average Bonchev–Trinajstić information content (AvgIpc) is 3.22. The van der Waals surface area contributed by atoms with Gasteiger partial charge in [0.25, 0.3) is 5.91 Å². The molecule has 1 aliphatic carbocycles. The standard InChI is InChI=1S/C22H27NO5/c1-16(21(24)23(2)17-9-5-3-6-10-17)27-22(25)20-14-13-19(28-20)15-26-18-11-7-4-8-12-18/h4,7-8,11-14,16-17H,3,5-6,9-10,15H2,1-2H3/t16-/m0/s1. The molecule has 0 saturated heterocycles. The number of benzene rings is 1. The summed E-state index contributed by atoms with van der Waals surface area (Å²) in [6, 6.07) is 12.8. The molecule has 1 heterocycles. The van der Waals surface area contributed by atoms with Crippen molar-refractivity contribution >= 4 is 11.9 Å². The van der Waals surface area contributed by atoms with E-state index >= 15 is 0 Å². The summed E-state index contributed by atoms with van der Waals surface area (Å²) in [4.78, 5) is 26.6. The Morgan fingerprint density at radius 3 is 2.54 bits per heavy atom. The second-order valence-electron chi connectivity index (χ2n) is 7.16. The van der Waals surface area contributed by atoms with Gasteiger partial charge in [-0.3, -0.25) is 4.79 Å². The van der Waals surface area contributed by atoms with Crippen LogP contribution in [0, 0.1) is 0 Å². The van der Waals surface area contributed by atoms with Crippen LogP contribution in [0.5, 0.6) is 5.75 Å². The highest BCUT2D eigenvalue weighted by molar-refractivity contribution is 5.90. The molecule has 28 heavy (non-hydrogen) atoms. The first-order chi connectivity index (χ1) is 13.5. The summed E-state index contributed by atoms with van der Waals surface area (Å²) in [5.41, 5.74) is 0. The molecule has 6 nitrogen and oxygen atoms in total. The monoisotopic (exact) mass is 385 g/mol. The number of hydrogen-bond donors (Lipinski definition) is 0. The summed E-state index contributed by atoms with van der Waals surface area (Å²) >= 11 is 0. The van der Waals surface area contributed by atoms with E-state index in [9.17, 15) is 9.59 Å². The summed E-state index contributed by atoms with van der Waals surface area (Å²) in [5.74, 6) is 0.456. The minimum atomic E-state index is -0.853. The molecule has 1 aromatic carbocycles. The molecule has 0 spiro atoms. The van der Waals surface area contributed by atoms with Crippen molar-refractivity contribution in [2.75, 3.05) is 7.05 Å². The number of rotatable bonds is 7. The molecule has 0 aliphatic heterocycles. The molecule has 1 aromatic heterocycles. The third-order valence-electron chi connectivity index (χ3n) is 5.09. The van der Waals surface area contributed by atoms with Gasteiger partial charge in [0, 0.05) is 13.1 Å². The molecule has 0 bridgehead atoms. The topological polar surface area (TPSA) is 69.0 Å². The number of ether oxygens (including phenoxy) is 2. The van der Waals surface area contributed by atoms with Crippen molar-refractivity contribution in [2.24, 2.45) is 0 Å². The van der Waals surface area contributed by atoms with Gasteiger partial charge in [0.05, 0.1) is 0 Å². The number of esters is 1. The Balaban J connectivity index is 1.51. The molecule has 6 heteroatoms. The first-order valence-electron chi connectivity index (χ1n) is 9.79. The highest BCUT2D eigenvalue weighted by Crippen LogP contribution is 2.22. The largest absolute Gasteiger partial charge is 0.486 e. The Labute approximate surface area is 165 Å². The first kappa shape index (κ1) is 20.0. The molecule has 1 atom stereocenters. The molecule has 0 radical (unpaired) electrons. The quantitative estimate of drug-likeness (QED) is 0.668. The summed E-state index contributed by atoms with van der Waals surface area (Å²) in [7, 11) is 1.79. The van der Waals surface area contributed by atoms with Gasteiger partial charge in [-0.05, 0) is 44.0 Å². The van der Waals surface area contributed by atoms with E-state index < -0.39 is 12.1 Å². The van der Waals surface area contributed by atoms with Gasteiger partial charge in [0.2, 0.25) is 5.76 Å². The normalized spacial score (nSPS) is 15.6. The van der Waals surface area contributed by atoms with Gasteiger partial charge >= 0.3 is 5.97 Å². The Kier molecular flexibility index (Phi) is 6.74. The molecule has 0 unspecified atom stereocenters. The van der Waals surface area contributed by atoms with Crippen LogP contribution in [0.15, 0.2) is 46.9 Å². The molecule has 1 fully saturated rings. The number of likely N-dealkylation sites (N-methyl/N-ethyl adjacent to an activating group) is 1. The van der Waals surface area contributed by atoms with Crippen molar-refractivity contribution < 1.29 is 23.5 Å². The van der Waals surface area contributed by atoms with E-state index in [0.717, 1.165) is 25.7 Å². The molecular weight excluding hydrogens is 358 g/mol. The zero-order valence-corrected chi connectivity index (χ0v) is 16.4. The van der Waals surface area contributed by atoms with Gasteiger partial charge < -0.3 is 18.8 Å². The van der Waals surface area contributed by atoms with E-state index in [1.807, 2.05) is 30.3 Å². The van der Waals surface area contributed by atoms with E-state index in [1.54, 1.807) is 24.9 Å². The van der Waals surface area contributed by atoms with Crippen LogP contribution in [-0.4, -0.2) is 36.0 Å². The number of nitrogens with zero attached hydrogens (tertiary/aromatic N) is 1. The summed E-state index contributed by atoms with van der Waals surface area (Å²) in [6.45, 7) is 1.80. The van der Waals surface area contributed by atoms with Gasteiger partial charge in [-0.2, -0.15) is 0 Å². The van der Waals surface area contributed by atoms with Crippen LogP contribution in [-0.2, 0) is 16.1 Å². The molecule has 2 aromatic rings. The minimum Gasteiger partial charge on any atom is -0.486 e. The van der Waals surface area contributed by atoms with E-state index in [-0.39, 0.29) is 24.3 Å². The number of carbonyl (C=O) groups is 2. The Morgan fingerprint density at radius 1 is 1.11 bits per heavy atom. The van der Waals surface area contributed by atoms with Crippen molar-refractivity contribution in [1.29, 1.82) is 0 Å². The molecule has 0 N–H and O–H groups in total. The predicted molar refractivity (Wildman–Crippen MR) is 104 cm³/mol. The van der Waals surface area contributed by atoms with Gasteiger partial charge in [0.1, 0.15) is 18.1 Å². The number of amides is 1. The smallest absolute Gasteiger partial charge is 0.375 e. The lowest BCUT2D eigenvalue weighted by Gasteiger charge is -2.32. The average molecular weight is 385 g/mol. The van der Waals surface area contributed by atoms with E-state index in [4.69, 9.17) is 13.9 Å². The SMILES string of the molecule is C[C@H](OC(=O)c1ccc(COc2ccccc2)o1)C(=O)N(C)C1CCCCC1. The van der Waals surface area contributed by atoms with Crippen LogP contribution in [0.3, 0.4) is 0 Å². The second kappa shape index (κ2) is 9.44. The van der Waals surface area contributed by atoms with Crippen molar-refractivity contribution in [3.63, 3.8) is 0 Å². The van der Waals surface area contributed by atoms with Crippen LogP contribution in [0.1, 0.15) is 55.3 Å². The molecule has 3 rings (SSSR count). The molecule has 1 amide bonds. The van der Waals surface area contributed by atoms with Gasteiger partial charge in [-0.1, -0.05) is 37.5 Å². The summed E-state index contributed by atoms with van der Waals surface area (Å²) < 4.78 is 16.4. The van der Waals surface area contributed by atoms with E-state index in [1.165, 1.54) is 12.5 Å². The fourth-order valence-electron chi connectivity index (χ4n) is 3.44. The zero-order valence-electron chi connectivity index (χ0n) is 16.4. The molecule has 1 saturated carbocycles. The predicted octanol–water partition coefficient (Wildman–Crippen LogP) is 4.20. The lowest BCUT2D eigenvalue weighted by atomic mass is 9.94. The van der Waals surface area contributed by atoms with Crippen LogP contribution < -0.4 is 4.74 Å². The van der Waals surface area contributed by atoms with E-state index in [2.05, 4.69) is 0 Å². The third-order valence-corrected chi connectivity index (χ3v) is 5.09. The fourth-order valence-corrected chi connectivity index (χ4v) is 3.44. The van der Waals surface area contributed by atoms with Crippen LogP contribution in [0.4, 0.5) is 0 Å². The van der Waals surface area contributed by atoms with Crippen LogP contribution in [0.2, 0.25) is 0 Å². The minimum absolute atomic E-state index is 0.0617. The maximum Gasteiger partial charge on any atom is 0.375 e. The third kappa shape index (κ3) is 5.15. The highest BCUT2D eigenvalue weighted by atomic mass is 16.6.